The number of halogens is 2. The molecular formula is C16H13Cl2N3O4. The van der Waals surface area contributed by atoms with E-state index in [1.807, 2.05) is 0 Å². The molecule has 130 valence electrons. The van der Waals surface area contributed by atoms with Crippen LogP contribution in [0.15, 0.2) is 35.3 Å². The van der Waals surface area contributed by atoms with E-state index in [2.05, 4.69) is 10.1 Å². The first-order chi connectivity index (χ1) is 11.9. The molecule has 25 heavy (non-hydrogen) atoms. The fraction of sp³-hybridized carbons (Fsp3) is 0.188. The number of hydrogen-bond acceptors (Lipinski definition) is 5. The number of benzene rings is 1. The number of esters is 1. The third-order valence-corrected chi connectivity index (χ3v) is 3.89. The Morgan fingerprint density at radius 2 is 2.00 bits per heavy atom. The van der Waals surface area contributed by atoms with Gasteiger partial charge in [0.25, 0.3) is 0 Å². The predicted molar refractivity (Wildman–Crippen MR) is 92.9 cm³/mol. The van der Waals surface area contributed by atoms with E-state index < -0.39 is 11.5 Å². The van der Waals surface area contributed by atoms with Crippen LogP contribution < -0.4 is 10.3 Å². The Balaban J connectivity index is 2.13. The molecule has 0 atom stereocenters. The fourth-order valence-corrected chi connectivity index (χ4v) is 2.39. The van der Waals surface area contributed by atoms with Crippen molar-refractivity contribution in [3.63, 3.8) is 0 Å². The van der Waals surface area contributed by atoms with Crippen molar-refractivity contribution in [2.24, 2.45) is 0 Å². The monoisotopic (exact) mass is 381 g/mol. The first kappa shape index (κ1) is 17.3. The van der Waals surface area contributed by atoms with Crippen LogP contribution in [0.25, 0.3) is 5.65 Å². The van der Waals surface area contributed by atoms with Gasteiger partial charge in [-0.3, -0.25) is 9.89 Å². The van der Waals surface area contributed by atoms with Gasteiger partial charge < -0.3 is 9.47 Å². The molecule has 0 aliphatic carbocycles. The molecular weight excluding hydrogens is 369 g/mol. The lowest BCUT2D eigenvalue weighted by molar-refractivity contribution is 0.0367. The molecule has 0 saturated heterocycles. The van der Waals surface area contributed by atoms with Gasteiger partial charge in [0.2, 0.25) is 5.75 Å². The van der Waals surface area contributed by atoms with Crippen LogP contribution in [0.2, 0.25) is 10.0 Å². The van der Waals surface area contributed by atoms with E-state index in [0.717, 1.165) is 4.52 Å². The lowest BCUT2D eigenvalue weighted by Crippen LogP contribution is -2.23. The summed E-state index contributed by atoms with van der Waals surface area (Å²) in [6.07, 6.45) is 1.14. The van der Waals surface area contributed by atoms with E-state index in [1.165, 1.54) is 24.4 Å². The third-order valence-electron chi connectivity index (χ3n) is 3.15. The van der Waals surface area contributed by atoms with Gasteiger partial charge in [-0.05, 0) is 26.0 Å². The van der Waals surface area contributed by atoms with E-state index in [4.69, 9.17) is 32.7 Å². The summed E-state index contributed by atoms with van der Waals surface area (Å²) in [5.41, 5.74) is -0.539. The number of carbonyl (C=O) groups excluding carboxylic acids is 1. The van der Waals surface area contributed by atoms with Crippen LogP contribution in [0.4, 0.5) is 0 Å². The fourth-order valence-electron chi connectivity index (χ4n) is 2.10. The van der Waals surface area contributed by atoms with Crippen molar-refractivity contribution >= 4 is 34.8 Å². The normalized spacial score (nSPS) is 11.1. The number of aromatic nitrogens is 3. The van der Waals surface area contributed by atoms with Crippen LogP contribution in [-0.4, -0.2) is 26.7 Å². The number of aromatic amines is 1. The lowest BCUT2D eigenvalue weighted by atomic mass is 10.3. The average Bonchev–Trinajstić information content (AvgIpc) is 3.01. The van der Waals surface area contributed by atoms with Gasteiger partial charge in [-0.1, -0.05) is 23.2 Å². The zero-order chi connectivity index (χ0) is 18.1. The molecule has 9 heteroatoms. The van der Waals surface area contributed by atoms with Crippen molar-refractivity contribution in [2.45, 2.75) is 20.0 Å². The number of rotatable bonds is 4. The van der Waals surface area contributed by atoms with Gasteiger partial charge in [0.05, 0.1) is 16.1 Å². The van der Waals surface area contributed by atoms with Crippen molar-refractivity contribution < 1.29 is 14.3 Å². The first-order valence-electron chi connectivity index (χ1n) is 7.31. The molecule has 1 N–H and O–H groups in total. The van der Waals surface area contributed by atoms with Crippen molar-refractivity contribution in [3.05, 3.63) is 56.6 Å². The molecule has 0 radical (unpaired) electrons. The Hall–Kier alpha value is -2.51. The van der Waals surface area contributed by atoms with Crippen LogP contribution in [0.5, 0.6) is 11.5 Å². The summed E-state index contributed by atoms with van der Waals surface area (Å²) in [6, 6.07) is 6.03. The summed E-state index contributed by atoms with van der Waals surface area (Å²) >= 11 is 11.8. The predicted octanol–water partition coefficient (Wildman–Crippen LogP) is 3.69. The Kier molecular flexibility index (Phi) is 4.69. The Bertz CT molecular complexity index is 1010. The van der Waals surface area contributed by atoms with E-state index in [1.54, 1.807) is 19.9 Å². The van der Waals surface area contributed by atoms with Crippen molar-refractivity contribution in [1.82, 2.24) is 14.6 Å². The maximum atomic E-state index is 12.7. The van der Waals surface area contributed by atoms with Crippen molar-refractivity contribution in [2.75, 3.05) is 0 Å². The van der Waals surface area contributed by atoms with E-state index >= 15 is 0 Å². The van der Waals surface area contributed by atoms with Gasteiger partial charge in [-0.25, -0.2) is 9.78 Å². The quantitative estimate of drug-likeness (QED) is 0.696. The second kappa shape index (κ2) is 6.78. The van der Waals surface area contributed by atoms with Crippen LogP contribution >= 0.6 is 23.2 Å². The molecule has 0 fully saturated rings. The van der Waals surface area contributed by atoms with Crippen LogP contribution in [0.3, 0.4) is 0 Å². The molecule has 0 aliphatic rings. The summed E-state index contributed by atoms with van der Waals surface area (Å²) in [5.74, 6) is -0.798. The summed E-state index contributed by atoms with van der Waals surface area (Å²) in [4.78, 5) is 29.1. The highest BCUT2D eigenvalue weighted by atomic mass is 35.5. The largest absolute Gasteiger partial charge is 0.458 e. The van der Waals surface area contributed by atoms with E-state index in [9.17, 15) is 9.59 Å². The van der Waals surface area contributed by atoms with E-state index in [0.29, 0.717) is 5.02 Å². The van der Waals surface area contributed by atoms with Crippen LogP contribution in [0.1, 0.15) is 24.3 Å². The zero-order valence-corrected chi connectivity index (χ0v) is 14.8. The molecule has 0 bridgehead atoms. The molecule has 3 aromatic rings. The number of nitrogens with one attached hydrogen (secondary N) is 1. The topological polar surface area (TPSA) is 85.7 Å². The van der Waals surface area contributed by atoms with Crippen molar-refractivity contribution in [3.8, 4) is 11.5 Å². The zero-order valence-electron chi connectivity index (χ0n) is 13.2. The van der Waals surface area contributed by atoms with Crippen molar-refractivity contribution in [1.29, 1.82) is 0 Å². The third kappa shape index (κ3) is 3.47. The smallest absolute Gasteiger partial charge is 0.361 e. The van der Waals surface area contributed by atoms with Gasteiger partial charge in [-0.15, -0.1) is 0 Å². The van der Waals surface area contributed by atoms with Gasteiger partial charge in [0.1, 0.15) is 5.75 Å². The molecule has 2 heterocycles. The summed E-state index contributed by atoms with van der Waals surface area (Å²) in [7, 11) is 0. The highest BCUT2D eigenvalue weighted by Crippen LogP contribution is 2.29. The molecule has 0 saturated carbocycles. The van der Waals surface area contributed by atoms with E-state index in [-0.39, 0.29) is 34.0 Å². The number of H-pyrrole nitrogens is 1. The Morgan fingerprint density at radius 3 is 2.68 bits per heavy atom. The summed E-state index contributed by atoms with van der Waals surface area (Å²) in [5, 5.41) is 3.29. The maximum absolute atomic E-state index is 12.7. The summed E-state index contributed by atoms with van der Waals surface area (Å²) < 4.78 is 11.9. The van der Waals surface area contributed by atoms with Gasteiger partial charge >= 0.3 is 11.5 Å². The second-order valence-electron chi connectivity index (χ2n) is 5.38. The minimum Gasteiger partial charge on any atom is -0.458 e. The molecule has 7 nitrogen and oxygen atoms in total. The molecule has 2 aromatic heterocycles. The number of nitrogens with zero attached hydrogens (tertiary/aromatic N) is 2. The highest BCUT2D eigenvalue weighted by Gasteiger charge is 2.24. The summed E-state index contributed by atoms with van der Waals surface area (Å²) in [6.45, 7) is 3.39. The number of ether oxygens (including phenoxy) is 2. The van der Waals surface area contributed by atoms with Gasteiger partial charge in [-0.2, -0.15) is 4.52 Å². The molecule has 0 spiro atoms. The van der Waals surface area contributed by atoms with Crippen LogP contribution in [0, 0.1) is 0 Å². The molecule has 3 rings (SSSR count). The Morgan fingerprint density at radius 1 is 1.24 bits per heavy atom. The standard InChI is InChI=1S/C16H13Cl2N3O4/c1-8(2)24-16(23)13-14(15(22)21-12(20-13)5-6-19-21)25-9-3-4-10(17)11(18)7-9/h3-8,19H,1-2H3. The number of fused-ring (bicyclic) bond motifs is 1. The SMILES string of the molecule is CC(C)OC(=O)c1nc2cc[nH]n2c(=O)c1Oc1ccc(Cl)c(Cl)c1. The maximum Gasteiger partial charge on any atom is 0.361 e. The van der Waals surface area contributed by atoms with Gasteiger partial charge in [0.15, 0.2) is 11.3 Å². The number of hydrogen-bond donors (Lipinski definition) is 1. The highest BCUT2D eigenvalue weighted by molar-refractivity contribution is 6.42. The molecule has 0 amide bonds. The molecule has 1 aromatic carbocycles. The number of carbonyl (C=O) groups is 1. The minimum absolute atomic E-state index is 0.218. The lowest BCUT2D eigenvalue weighted by Gasteiger charge is -2.12. The Labute approximate surface area is 152 Å². The average molecular weight is 382 g/mol. The van der Waals surface area contributed by atoms with Crippen LogP contribution in [-0.2, 0) is 4.74 Å². The first-order valence-corrected chi connectivity index (χ1v) is 8.06. The minimum atomic E-state index is -0.758. The second-order valence-corrected chi connectivity index (χ2v) is 6.20. The molecule has 0 unspecified atom stereocenters. The van der Waals surface area contributed by atoms with Gasteiger partial charge in [0, 0.05) is 18.3 Å². The molecule has 0 aliphatic heterocycles.